The van der Waals surface area contributed by atoms with Gasteiger partial charge in [0.1, 0.15) is 6.61 Å². The summed E-state index contributed by atoms with van der Waals surface area (Å²) in [5, 5.41) is 14.9. The number of nitro groups is 1. The second kappa shape index (κ2) is 10.8. The zero-order valence-corrected chi connectivity index (χ0v) is 18.8. The maximum atomic E-state index is 12.7. The number of para-hydroxylation sites is 1. The molecule has 0 spiro atoms. The zero-order valence-electron chi connectivity index (χ0n) is 18.8. The average Bonchev–Trinajstić information content (AvgIpc) is 3.43. The first-order valence-corrected chi connectivity index (χ1v) is 10.6. The van der Waals surface area contributed by atoms with E-state index in [1.54, 1.807) is 42.5 Å². The molecule has 9 heteroatoms. The van der Waals surface area contributed by atoms with E-state index in [1.807, 2.05) is 41.2 Å². The first-order valence-electron chi connectivity index (χ1n) is 10.6. The molecule has 0 radical (unpaired) electrons. The summed E-state index contributed by atoms with van der Waals surface area (Å²) in [6.07, 6.45) is 5.25. The first kappa shape index (κ1) is 23.2. The highest BCUT2D eigenvalue weighted by Crippen LogP contribution is 2.28. The van der Waals surface area contributed by atoms with Gasteiger partial charge in [0.2, 0.25) is 0 Å². The van der Waals surface area contributed by atoms with Crippen LogP contribution in [0.25, 0.3) is 5.69 Å². The summed E-state index contributed by atoms with van der Waals surface area (Å²) in [6.45, 7) is 0.221. The highest BCUT2D eigenvalue weighted by molar-refractivity contribution is 5.98. The van der Waals surface area contributed by atoms with E-state index >= 15 is 0 Å². The Balaban J connectivity index is 1.40. The number of nitrogens with one attached hydrogen (secondary N) is 1. The topological polar surface area (TPSA) is 108 Å². The lowest BCUT2D eigenvalue weighted by Gasteiger charge is -2.11. The van der Waals surface area contributed by atoms with Gasteiger partial charge >= 0.3 is 0 Å². The third-order valence-electron chi connectivity index (χ3n) is 5.14. The minimum atomic E-state index is -0.447. The monoisotopic (exact) mass is 470 g/mol. The summed E-state index contributed by atoms with van der Waals surface area (Å²) in [7, 11) is 1.52. The summed E-state index contributed by atoms with van der Waals surface area (Å²) >= 11 is 0. The van der Waals surface area contributed by atoms with Crippen molar-refractivity contribution in [2.75, 3.05) is 7.11 Å². The van der Waals surface area contributed by atoms with Crippen molar-refractivity contribution < 1.29 is 19.2 Å². The standard InChI is InChI=1S/C26H22N4O5/c1-34-25-16-20(10-13-24(25)35-18-19-8-11-21(12-9-19)30(32)33)17-27-28-26(31)22-6-2-3-7-23(22)29-14-4-5-15-29/h2-17H,18H2,1H3,(H,28,31)/b27-17-. The van der Waals surface area contributed by atoms with Crippen molar-refractivity contribution in [1.82, 2.24) is 9.99 Å². The molecule has 4 rings (SSSR count). The number of hydrogen-bond donors (Lipinski definition) is 1. The summed E-state index contributed by atoms with van der Waals surface area (Å²) in [4.78, 5) is 23.0. The van der Waals surface area contributed by atoms with E-state index < -0.39 is 4.92 Å². The Morgan fingerprint density at radius 1 is 1.03 bits per heavy atom. The van der Waals surface area contributed by atoms with Crippen molar-refractivity contribution in [3.05, 3.63) is 118 Å². The lowest BCUT2D eigenvalue weighted by Crippen LogP contribution is -2.19. The normalized spacial score (nSPS) is 10.8. The highest BCUT2D eigenvalue weighted by atomic mass is 16.6. The largest absolute Gasteiger partial charge is 0.493 e. The number of carbonyl (C=O) groups is 1. The Morgan fingerprint density at radius 3 is 2.49 bits per heavy atom. The molecule has 0 unspecified atom stereocenters. The van der Waals surface area contributed by atoms with Crippen LogP contribution in [0.2, 0.25) is 0 Å². The Morgan fingerprint density at radius 2 is 1.77 bits per heavy atom. The molecule has 35 heavy (non-hydrogen) atoms. The van der Waals surface area contributed by atoms with E-state index in [0.29, 0.717) is 22.6 Å². The van der Waals surface area contributed by atoms with Crippen LogP contribution in [-0.2, 0) is 6.61 Å². The fraction of sp³-hybridized carbons (Fsp3) is 0.0769. The summed E-state index contributed by atoms with van der Waals surface area (Å²) in [5.74, 6) is 0.661. The Hall–Kier alpha value is -4.92. The number of hydrazone groups is 1. The predicted molar refractivity (Wildman–Crippen MR) is 131 cm³/mol. The number of rotatable bonds is 9. The van der Waals surface area contributed by atoms with E-state index in [1.165, 1.54) is 25.5 Å². The van der Waals surface area contributed by atoms with Gasteiger partial charge in [-0.2, -0.15) is 5.10 Å². The van der Waals surface area contributed by atoms with Gasteiger partial charge in [-0.25, -0.2) is 5.43 Å². The van der Waals surface area contributed by atoms with Gasteiger partial charge in [0.05, 0.1) is 29.5 Å². The van der Waals surface area contributed by atoms with Crippen LogP contribution in [0.5, 0.6) is 11.5 Å². The number of methoxy groups -OCH3 is 1. The van der Waals surface area contributed by atoms with Crippen molar-refractivity contribution in [3.63, 3.8) is 0 Å². The number of non-ortho nitro benzene ring substituents is 1. The summed E-state index contributed by atoms with van der Waals surface area (Å²) in [6, 6.07) is 22.4. The molecular weight excluding hydrogens is 448 g/mol. The van der Waals surface area contributed by atoms with Crippen molar-refractivity contribution in [3.8, 4) is 17.2 Å². The molecule has 0 fully saturated rings. The second-order valence-corrected chi connectivity index (χ2v) is 7.43. The minimum absolute atomic E-state index is 0.0234. The number of carbonyl (C=O) groups excluding carboxylic acids is 1. The van der Waals surface area contributed by atoms with Crippen LogP contribution in [0, 0.1) is 10.1 Å². The molecule has 3 aromatic carbocycles. The van der Waals surface area contributed by atoms with Crippen LogP contribution >= 0.6 is 0 Å². The number of nitro benzene ring substituents is 1. The van der Waals surface area contributed by atoms with E-state index in [2.05, 4.69) is 10.5 Å². The van der Waals surface area contributed by atoms with E-state index in [-0.39, 0.29) is 18.2 Å². The minimum Gasteiger partial charge on any atom is -0.493 e. The maximum Gasteiger partial charge on any atom is 0.273 e. The predicted octanol–water partition coefficient (Wildman–Crippen LogP) is 4.74. The number of nitrogens with zero attached hydrogens (tertiary/aromatic N) is 3. The Bertz CT molecular complexity index is 1350. The third-order valence-corrected chi connectivity index (χ3v) is 5.14. The van der Waals surface area contributed by atoms with E-state index in [9.17, 15) is 14.9 Å². The van der Waals surface area contributed by atoms with Crippen molar-refractivity contribution in [2.24, 2.45) is 5.10 Å². The molecule has 9 nitrogen and oxygen atoms in total. The maximum absolute atomic E-state index is 12.7. The molecule has 0 atom stereocenters. The zero-order chi connectivity index (χ0) is 24.6. The average molecular weight is 470 g/mol. The quantitative estimate of drug-likeness (QED) is 0.216. The molecular formula is C26H22N4O5. The van der Waals surface area contributed by atoms with Crippen molar-refractivity contribution in [1.29, 1.82) is 0 Å². The van der Waals surface area contributed by atoms with Crippen LogP contribution in [0.4, 0.5) is 5.69 Å². The van der Waals surface area contributed by atoms with Gasteiger partial charge in [0, 0.05) is 24.5 Å². The summed E-state index contributed by atoms with van der Waals surface area (Å²) in [5.41, 5.74) is 5.31. The molecule has 0 aliphatic rings. The fourth-order valence-corrected chi connectivity index (χ4v) is 3.37. The molecule has 0 saturated carbocycles. The summed E-state index contributed by atoms with van der Waals surface area (Å²) < 4.78 is 13.1. The second-order valence-electron chi connectivity index (χ2n) is 7.43. The molecule has 1 amide bonds. The molecule has 0 aliphatic heterocycles. The lowest BCUT2D eigenvalue weighted by atomic mass is 10.1. The molecule has 0 saturated heterocycles. The Kier molecular flexibility index (Phi) is 7.17. The number of benzene rings is 3. The molecule has 1 heterocycles. The number of ether oxygens (including phenoxy) is 2. The molecule has 4 aromatic rings. The van der Waals surface area contributed by atoms with Gasteiger partial charge in [-0.15, -0.1) is 0 Å². The van der Waals surface area contributed by atoms with Crippen LogP contribution in [-0.4, -0.2) is 28.7 Å². The van der Waals surface area contributed by atoms with Gasteiger partial charge in [0.15, 0.2) is 11.5 Å². The van der Waals surface area contributed by atoms with Gasteiger partial charge in [-0.1, -0.05) is 12.1 Å². The first-order chi connectivity index (χ1) is 17.0. The number of amides is 1. The van der Waals surface area contributed by atoms with Gasteiger partial charge in [-0.05, 0) is 65.7 Å². The van der Waals surface area contributed by atoms with Gasteiger partial charge < -0.3 is 14.0 Å². The van der Waals surface area contributed by atoms with Crippen LogP contribution in [0.3, 0.4) is 0 Å². The third kappa shape index (κ3) is 5.72. The highest BCUT2D eigenvalue weighted by Gasteiger charge is 2.11. The SMILES string of the molecule is COc1cc(/C=N\NC(=O)c2ccccc2-n2cccc2)ccc1OCc1ccc([N+](=O)[O-])cc1. The number of hydrogen-bond acceptors (Lipinski definition) is 6. The smallest absolute Gasteiger partial charge is 0.273 e. The van der Waals surface area contributed by atoms with Crippen molar-refractivity contribution >= 4 is 17.8 Å². The lowest BCUT2D eigenvalue weighted by molar-refractivity contribution is -0.384. The van der Waals surface area contributed by atoms with Crippen LogP contribution in [0.1, 0.15) is 21.5 Å². The fourth-order valence-electron chi connectivity index (χ4n) is 3.37. The van der Waals surface area contributed by atoms with Gasteiger partial charge in [0.25, 0.3) is 11.6 Å². The van der Waals surface area contributed by atoms with E-state index in [0.717, 1.165) is 11.3 Å². The molecule has 176 valence electrons. The van der Waals surface area contributed by atoms with Gasteiger partial charge in [-0.3, -0.25) is 14.9 Å². The van der Waals surface area contributed by atoms with E-state index in [4.69, 9.17) is 9.47 Å². The number of aromatic nitrogens is 1. The molecule has 1 aromatic heterocycles. The molecule has 0 bridgehead atoms. The van der Waals surface area contributed by atoms with Crippen LogP contribution < -0.4 is 14.9 Å². The molecule has 0 aliphatic carbocycles. The van der Waals surface area contributed by atoms with Crippen molar-refractivity contribution in [2.45, 2.75) is 6.61 Å². The Labute approximate surface area is 201 Å². The molecule has 1 N–H and O–H groups in total. The van der Waals surface area contributed by atoms with Crippen LogP contribution in [0.15, 0.2) is 96.4 Å².